The van der Waals surface area contributed by atoms with Crippen molar-refractivity contribution in [3.8, 4) is 24.3 Å². The Morgan fingerprint density at radius 2 is 1.06 bits per heavy atom. The number of nitrogens with two attached hydrogens (primary N) is 2. The average Bonchev–Trinajstić information content (AvgIpc) is 2.41. The Bertz CT molecular complexity index is 550. The first-order chi connectivity index (χ1) is 8.60. The van der Waals surface area contributed by atoms with Gasteiger partial charge in [0, 0.05) is 12.4 Å². The molecule has 0 atom stereocenters. The molecule has 8 heteroatoms. The predicted octanol–water partition coefficient (Wildman–Crippen LogP) is -0.437. The van der Waals surface area contributed by atoms with Crippen molar-refractivity contribution in [1.29, 1.82) is 21.0 Å². The fraction of sp³-hybridized carbons (Fsp3) is 0. The van der Waals surface area contributed by atoms with Gasteiger partial charge in [-0.3, -0.25) is 0 Å². The van der Waals surface area contributed by atoms with Crippen LogP contribution in [0.3, 0.4) is 0 Å². The van der Waals surface area contributed by atoms with Crippen molar-refractivity contribution in [1.82, 2.24) is 0 Å². The number of allylic oxidation sites excluding steroid dienone is 4. The molecule has 0 saturated heterocycles. The minimum absolute atomic E-state index is 0.278. The zero-order chi connectivity index (χ0) is 14.0. The smallest absolute Gasteiger partial charge is 0.174 e. The third-order valence-electron chi connectivity index (χ3n) is 1.44. The molecule has 0 aromatic rings. The van der Waals surface area contributed by atoms with Gasteiger partial charge in [0.1, 0.15) is 35.7 Å². The maximum absolute atomic E-state index is 8.59. The average molecular weight is 238 g/mol. The number of rotatable bonds is 3. The first-order valence-electron chi connectivity index (χ1n) is 4.27. The van der Waals surface area contributed by atoms with Crippen LogP contribution in [-0.2, 0) is 0 Å². The molecule has 0 heterocycles. The zero-order valence-electron chi connectivity index (χ0n) is 8.99. The van der Waals surface area contributed by atoms with Gasteiger partial charge in [0.05, 0.1) is 0 Å². The lowest BCUT2D eigenvalue weighted by Crippen LogP contribution is -1.98. The lowest BCUT2D eigenvalue weighted by molar-refractivity contribution is 1.27. The van der Waals surface area contributed by atoms with Crippen LogP contribution in [0.25, 0.3) is 0 Å². The van der Waals surface area contributed by atoms with Gasteiger partial charge in [-0.1, -0.05) is 0 Å². The molecular weight excluding hydrogens is 232 g/mol. The quantitative estimate of drug-likeness (QED) is 0.498. The number of nitrogens with zero attached hydrogens (tertiary/aromatic N) is 6. The van der Waals surface area contributed by atoms with Crippen LogP contribution in [0.1, 0.15) is 0 Å². The summed E-state index contributed by atoms with van der Waals surface area (Å²) in [6.45, 7) is 0. The van der Waals surface area contributed by atoms with Crippen LogP contribution in [0.5, 0.6) is 0 Å². The standard InChI is InChI=1S/C10H6N8/c11-3-7(15)9(5-13)17-1-2-18-10(6-14)8(16)4-12/h1-2H,15-16H2. The van der Waals surface area contributed by atoms with E-state index in [1.807, 2.05) is 0 Å². The molecule has 0 aliphatic heterocycles. The minimum Gasteiger partial charge on any atom is -0.388 e. The summed E-state index contributed by atoms with van der Waals surface area (Å²) in [6, 6.07) is 6.33. The molecule has 8 nitrogen and oxygen atoms in total. The van der Waals surface area contributed by atoms with Gasteiger partial charge in [-0.05, 0) is 0 Å². The Morgan fingerprint density at radius 3 is 1.28 bits per heavy atom. The van der Waals surface area contributed by atoms with Crippen LogP contribution in [0.4, 0.5) is 0 Å². The second-order valence-corrected chi connectivity index (χ2v) is 2.53. The fourth-order valence-corrected chi connectivity index (χ4v) is 0.639. The number of hydrogen-bond acceptors (Lipinski definition) is 8. The summed E-state index contributed by atoms with van der Waals surface area (Å²) in [5.74, 6) is 0. The highest BCUT2D eigenvalue weighted by Gasteiger charge is 1.98. The van der Waals surface area contributed by atoms with E-state index in [9.17, 15) is 0 Å². The molecule has 0 rings (SSSR count). The predicted molar refractivity (Wildman–Crippen MR) is 61.9 cm³/mol. The van der Waals surface area contributed by atoms with Crippen LogP contribution >= 0.6 is 0 Å². The van der Waals surface area contributed by atoms with Gasteiger partial charge in [0.2, 0.25) is 0 Å². The monoisotopic (exact) mass is 238 g/mol. The van der Waals surface area contributed by atoms with Gasteiger partial charge < -0.3 is 11.5 Å². The van der Waals surface area contributed by atoms with Crippen LogP contribution < -0.4 is 11.5 Å². The maximum Gasteiger partial charge on any atom is 0.174 e. The van der Waals surface area contributed by atoms with E-state index in [4.69, 9.17) is 32.5 Å². The van der Waals surface area contributed by atoms with E-state index in [-0.39, 0.29) is 22.8 Å². The maximum atomic E-state index is 8.59. The fourth-order valence-electron chi connectivity index (χ4n) is 0.639. The number of nitriles is 4. The van der Waals surface area contributed by atoms with E-state index >= 15 is 0 Å². The summed E-state index contributed by atoms with van der Waals surface area (Å²) in [5, 5.41) is 34.0. The molecule has 0 radical (unpaired) electrons. The van der Waals surface area contributed by atoms with Gasteiger partial charge in [0.25, 0.3) is 0 Å². The first kappa shape index (κ1) is 14.4. The molecule has 18 heavy (non-hydrogen) atoms. The second-order valence-electron chi connectivity index (χ2n) is 2.53. The highest BCUT2D eigenvalue weighted by Crippen LogP contribution is 1.98. The normalized spacial score (nSPS) is 12.9. The van der Waals surface area contributed by atoms with Gasteiger partial charge in [-0.25, -0.2) is 9.98 Å². The number of aliphatic imine (C=N–C) groups is 2. The van der Waals surface area contributed by atoms with Gasteiger partial charge in [-0.2, -0.15) is 21.0 Å². The van der Waals surface area contributed by atoms with Crippen LogP contribution in [0.2, 0.25) is 0 Å². The van der Waals surface area contributed by atoms with Crippen molar-refractivity contribution < 1.29 is 0 Å². The van der Waals surface area contributed by atoms with Crippen molar-refractivity contribution in [2.75, 3.05) is 0 Å². The van der Waals surface area contributed by atoms with Crippen molar-refractivity contribution >= 4 is 12.4 Å². The van der Waals surface area contributed by atoms with E-state index in [1.165, 1.54) is 0 Å². The molecule has 0 aromatic carbocycles. The minimum atomic E-state index is -0.338. The van der Waals surface area contributed by atoms with E-state index in [1.54, 1.807) is 24.3 Å². The Kier molecular flexibility index (Phi) is 6.11. The van der Waals surface area contributed by atoms with E-state index in [2.05, 4.69) is 9.98 Å². The Hall–Kier alpha value is -3.62. The summed E-state index contributed by atoms with van der Waals surface area (Å²) < 4.78 is 0. The highest BCUT2D eigenvalue weighted by molar-refractivity contribution is 6.16. The molecule has 0 bridgehead atoms. The summed E-state index contributed by atoms with van der Waals surface area (Å²) in [6.07, 6.45) is 2.09. The van der Waals surface area contributed by atoms with Crippen molar-refractivity contribution in [2.45, 2.75) is 0 Å². The lowest BCUT2D eigenvalue weighted by Gasteiger charge is -1.89. The zero-order valence-corrected chi connectivity index (χ0v) is 8.99. The van der Waals surface area contributed by atoms with Crippen molar-refractivity contribution in [3.05, 3.63) is 22.8 Å². The Balaban J connectivity index is 5.04. The molecule has 0 unspecified atom stereocenters. The van der Waals surface area contributed by atoms with E-state index in [0.717, 1.165) is 12.4 Å². The topological polar surface area (TPSA) is 172 Å². The largest absolute Gasteiger partial charge is 0.388 e. The molecule has 0 amide bonds. The summed E-state index contributed by atoms with van der Waals surface area (Å²) in [5.41, 5.74) is 9.12. The Morgan fingerprint density at radius 1 is 0.722 bits per heavy atom. The highest BCUT2D eigenvalue weighted by atomic mass is 14.8. The second kappa shape index (κ2) is 7.64. The first-order valence-corrected chi connectivity index (χ1v) is 4.27. The summed E-state index contributed by atoms with van der Waals surface area (Å²) in [7, 11) is 0. The van der Waals surface area contributed by atoms with Gasteiger partial charge in [0.15, 0.2) is 11.4 Å². The van der Waals surface area contributed by atoms with Crippen LogP contribution in [0.15, 0.2) is 32.8 Å². The molecule has 0 spiro atoms. The number of hydrogen-bond donors (Lipinski definition) is 2. The van der Waals surface area contributed by atoms with Crippen LogP contribution in [0, 0.1) is 45.3 Å². The summed E-state index contributed by atoms with van der Waals surface area (Å²) in [4.78, 5) is 7.09. The molecule has 4 N–H and O–H groups in total. The third kappa shape index (κ3) is 4.27. The molecule has 0 saturated carbocycles. The van der Waals surface area contributed by atoms with Gasteiger partial charge >= 0.3 is 0 Å². The Labute approximate surface area is 103 Å². The SMILES string of the molecule is N#CC(N)=C(C#N)N=CC=NC(C#N)=C(N)C#N. The van der Waals surface area contributed by atoms with Crippen LogP contribution in [-0.4, -0.2) is 12.4 Å². The van der Waals surface area contributed by atoms with Gasteiger partial charge in [-0.15, -0.1) is 0 Å². The molecule has 0 aliphatic carbocycles. The molecule has 0 fully saturated rings. The molecule has 0 aliphatic rings. The lowest BCUT2D eigenvalue weighted by atomic mass is 10.4. The molecule has 0 aromatic heterocycles. The summed E-state index contributed by atoms with van der Waals surface area (Å²) >= 11 is 0. The van der Waals surface area contributed by atoms with Crippen molar-refractivity contribution in [2.24, 2.45) is 21.5 Å². The molecular formula is C10H6N8. The third-order valence-corrected chi connectivity index (χ3v) is 1.44. The van der Waals surface area contributed by atoms with Crippen molar-refractivity contribution in [3.63, 3.8) is 0 Å². The van der Waals surface area contributed by atoms with E-state index in [0.29, 0.717) is 0 Å². The molecule has 86 valence electrons. The van der Waals surface area contributed by atoms with E-state index < -0.39 is 0 Å².